The van der Waals surface area contributed by atoms with E-state index >= 15 is 0 Å². The van der Waals surface area contributed by atoms with Crippen molar-refractivity contribution in [1.29, 1.82) is 0 Å². The van der Waals surface area contributed by atoms with Gasteiger partial charge in [-0.05, 0) is 62.6 Å². The highest BCUT2D eigenvalue weighted by atomic mass is 35.5. The van der Waals surface area contributed by atoms with Crippen molar-refractivity contribution in [1.82, 2.24) is 0 Å². The van der Waals surface area contributed by atoms with Gasteiger partial charge in [0.2, 0.25) is 11.9 Å². The molecular formula is C22H27ClF2NO2+. The summed E-state index contributed by atoms with van der Waals surface area (Å²) >= 11 is 5.90. The van der Waals surface area contributed by atoms with Crippen LogP contribution >= 0.6 is 11.6 Å². The molecule has 2 aromatic rings. The van der Waals surface area contributed by atoms with Crippen LogP contribution in [0.5, 0.6) is 0 Å². The predicted octanol–water partition coefficient (Wildman–Crippen LogP) is 5.75. The minimum Gasteiger partial charge on any atom is -0.393 e. The summed E-state index contributed by atoms with van der Waals surface area (Å²) in [7, 11) is 0. The molecule has 1 aromatic heterocycles. The second kappa shape index (κ2) is 8.75. The summed E-state index contributed by atoms with van der Waals surface area (Å²) in [5, 5.41) is 20.1. The van der Waals surface area contributed by atoms with Crippen molar-refractivity contribution < 1.29 is 23.8 Å². The molecule has 1 aliphatic carbocycles. The van der Waals surface area contributed by atoms with Crippen molar-refractivity contribution in [2.24, 2.45) is 5.92 Å². The molecule has 152 valence electrons. The first kappa shape index (κ1) is 21.0. The van der Waals surface area contributed by atoms with Crippen LogP contribution in [0.1, 0.15) is 69.3 Å². The molecule has 1 heterocycles. The van der Waals surface area contributed by atoms with Crippen molar-refractivity contribution >= 4 is 11.6 Å². The maximum Gasteiger partial charge on any atom is 0.236 e. The molecule has 1 aliphatic rings. The van der Waals surface area contributed by atoms with E-state index in [9.17, 15) is 19.1 Å². The normalized spacial score (nSPS) is 22.1. The fourth-order valence-corrected chi connectivity index (χ4v) is 4.39. The summed E-state index contributed by atoms with van der Waals surface area (Å²) in [5.41, 5.74) is 1.36. The van der Waals surface area contributed by atoms with Gasteiger partial charge < -0.3 is 5.11 Å². The molecular weight excluding hydrogens is 384 g/mol. The number of rotatable bonds is 5. The number of halogens is 3. The topological polar surface area (TPSA) is 44.3 Å². The number of alkyl halides is 1. The van der Waals surface area contributed by atoms with E-state index in [4.69, 9.17) is 11.6 Å². The predicted molar refractivity (Wildman–Crippen MR) is 105 cm³/mol. The molecule has 1 saturated carbocycles. The Morgan fingerprint density at radius 1 is 1.14 bits per heavy atom. The lowest BCUT2D eigenvalue weighted by molar-refractivity contribution is -0.910. The van der Waals surface area contributed by atoms with Gasteiger partial charge in [0, 0.05) is 22.3 Å². The average molecular weight is 411 g/mol. The molecule has 0 radical (unpaired) electrons. The zero-order valence-electron chi connectivity index (χ0n) is 16.2. The highest BCUT2D eigenvalue weighted by Gasteiger charge is 2.27. The lowest BCUT2D eigenvalue weighted by atomic mass is 9.81. The Balaban J connectivity index is 1.86. The molecule has 28 heavy (non-hydrogen) atoms. The van der Waals surface area contributed by atoms with Gasteiger partial charge in [-0.2, -0.15) is 0 Å². The molecule has 3 nitrogen and oxygen atoms in total. The fraction of sp³-hybridized carbons (Fsp3) is 0.500. The van der Waals surface area contributed by atoms with Crippen molar-refractivity contribution in [3.05, 3.63) is 52.6 Å². The van der Waals surface area contributed by atoms with E-state index in [1.807, 2.05) is 6.92 Å². The smallest absolute Gasteiger partial charge is 0.236 e. The first-order valence-corrected chi connectivity index (χ1v) is 10.2. The Morgan fingerprint density at radius 2 is 1.82 bits per heavy atom. The van der Waals surface area contributed by atoms with Crippen LogP contribution in [0.15, 0.2) is 30.5 Å². The maximum absolute atomic E-state index is 14.6. The number of aliphatic hydroxyl groups is 1. The average Bonchev–Trinajstić information content (AvgIpc) is 2.65. The quantitative estimate of drug-likeness (QED) is 0.487. The fourth-order valence-electron chi connectivity index (χ4n) is 4.23. The zero-order chi connectivity index (χ0) is 20.4. The summed E-state index contributed by atoms with van der Waals surface area (Å²) in [4.78, 5) is 0. The number of benzene rings is 1. The Hall–Kier alpha value is -1.72. The molecule has 1 aromatic carbocycles. The van der Waals surface area contributed by atoms with Crippen LogP contribution in [0.4, 0.5) is 8.78 Å². The standard InChI is InChI=1S/C22H27ClF2NO2/c1-13(11-15-3-6-17(27)7-4-15)20-10-5-16(12-26(20)28)21-18(14(2)24)8-9-19(23)22(21)25/h5,8-10,12-15,17,27-28H,3-4,6-7,11H2,1-2H3/q+1. The van der Waals surface area contributed by atoms with Crippen molar-refractivity contribution in [3.8, 4) is 11.1 Å². The number of hydrogen-bond acceptors (Lipinski definition) is 2. The van der Waals surface area contributed by atoms with Crippen LogP contribution in [0.2, 0.25) is 5.02 Å². The Morgan fingerprint density at radius 3 is 2.43 bits per heavy atom. The molecule has 0 spiro atoms. The van der Waals surface area contributed by atoms with E-state index < -0.39 is 12.0 Å². The Kier molecular flexibility index (Phi) is 6.56. The van der Waals surface area contributed by atoms with Gasteiger partial charge in [0.05, 0.1) is 16.7 Å². The number of aliphatic hydroxyl groups excluding tert-OH is 1. The van der Waals surface area contributed by atoms with Crippen LogP contribution in [0, 0.1) is 11.7 Å². The summed E-state index contributed by atoms with van der Waals surface area (Å²) in [5.74, 6) is -0.0734. The van der Waals surface area contributed by atoms with E-state index in [-0.39, 0.29) is 28.2 Å². The molecule has 3 rings (SSSR count). The highest BCUT2D eigenvalue weighted by Crippen LogP contribution is 2.36. The molecule has 2 N–H and O–H groups in total. The van der Waals surface area contributed by atoms with Gasteiger partial charge >= 0.3 is 0 Å². The molecule has 2 atom stereocenters. The second-order valence-electron chi connectivity index (χ2n) is 7.94. The third-order valence-electron chi connectivity index (χ3n) is 5.81. The molecule has 0 aliphatic heterocycles. The molecule has 1 fully saturated rings. The largest absolute Gasteiger partial charge is 0.393 e. The number of hydrogen-bond donors (Lipinski definition) is 2. The Labute approximate surface area is 169 Å². The van der Waals surface area contributed by atoms with Gasteiger partial charge in [-0.15, -0.1) is 0 Å². The van der Waals surface area contributed by atoms with Gasteiger partial charge in [0.1, 0.15) is 12.0 Å². The van der Waals surface area contributed by atoms with Crippen LogP contribution in [0.25, 0.3) is 11.1 Å². The summed E-state index contributed by atoms with van der Waals surface area (Å²) in [6, 6.07) is 6.27. The van der Waals surface area contributed by atoms with Gasteiger partial charge in [-0.1, -0.05) is 24.6 Å². The van der Waals surface area contributed by atoms with Gasteiger partial charge in [0.15, 0.2) is 0 Å². The molecule has 6 heteroatoms. The van der Waals surface area contributed by atoms with Gasteiger partial charge in [0.25, 0.3) is 0 Å². The third-order valence-corrected chi connectivity index (χ3v) is 6.10. The molecule has 0 amide bonds. The first-order chi connectivity index (χ1) is 13.3. The monoisotopic (exact) mass is 410 g/mol. The van der Waals surface area contributed by atoms with Gasteiger partial charge in [-0.3, -0.25) is 5.21 Å². The molecule has 0 bridgehead atoms. The second-order valence-corrected chi connectivity index (χ2v) is 8.35. The lowest BCUT2D eigenvalue weighted by Gasteiger charge is -2.26. The first-order valence-electron chi connectivity index (χ1n) is 9.83. The minimum absolute atomic E-state index is 0.0748. The van der Waals surface area contributed by atoms with E-state index in [2.05, 4.69) is 0 Å². The summed E-state index contributed by atoms with van der Waals surface area (Å²) in [6.45, 7) is 3.39. The Bertz CT molecular complexity index is 836. The maximum atomic E-state index is 14.6. The van der Waals surface area contributed by atoms with Crippen molar-refractivity contribution in [3.63, 3.8) is 0 Å². The molecule has 2 unspecified atom stereocenters. The third kappa shape index (κ3) is 4.47. The zero-order valence-corrected chi connectivity index (χ0v) is 17.0. The van der Waals surface area contributed by atoms with Gasteiger partial charge in [-0.25, -0.2) is 8.78 Å². The number of pyridine rings is 1. The summed E-state index contributed by atoms with van der Waals surface area (Å²) in [6.07, 6.45) is 4.40. The van der Waals surface area contributed by atoms with E-state index in [1.54, 1.807) is 12.1 Å². The van der Waals surface area contributed by atoms with E-state index in [1.165, 1.54) is 25.3 Å². The lowest BCUT2D eigenvalue weighted by Crippen LogP contribution is -2.36. The van der Waals surface area contributed by atoms with Crippen LogP contribution in [-0.4, -0.2) is 16.4 Å². The van der Waals surface area contributed by atoms with E-state index in [0.29, 0.717) is 17.2 Å². The van der Waals surface area contributed by atoms with Crippen molar-refractivity contribution in [2.45, 2.75) is 64.1 Å². The SMILES string of the molecule is CC(F)c1ccc(Cl)c(F)c1-c1ccc(C(C)CC2CCC(O)CC2)[n+](O)c1. The van der Waals surface area contributed by atoms with Crippen molar-refractivity contribution in [2.75, 3.05) is 0 Å². The van der Waals surface area contributed by atoms with E-state index in [0.717, 1.165) is 36.8 Å². The minimum atomic E-state index is -1.37. The number of aromatic nitrogens is 1. The summed E-state index contributed by atoms with van der Waals surface area (Å²) < 4.78 is 29.6. The highest BCUT2D eigenvalue weighted by molar-refractivity contribution is 6.31. The van der Waals surface area contributed by atoms with Crippen LogP contribution < -0.4 is 4.73 Å². The molecule has 0 saturated heterocycles. The van der Waals surface area contributed by atoms with Crippen LogP contribution in [0.3, 0.4) is 0 Å². The van der Waals surface area contributed by atoms with Crippen LogP contribution in [-0.2, 0) is 0 Å². The number of nitrogens with zero attached hydrogens (tertiary/aromatic N) is 1.